The first kappa shape index (κ1) is 21.0. The van der Waals surface area contributed by atoms with E-state index in [0.29, 0.717) is 30.3 Å². The quantitative estimate of drug-likeness (QED) is 0.720. The second-order valence-corrected chi connectivity index (χ2v) is 9.91. The van der Waals surface area contributed by atoms with Crippen LogP contribution in [0.25, 0.3) is 0 Å². The first-order chi connectivity index (χ1) is 13.3. The zero-order chi connectivity index (χ0) is 20.1. The molecule has 0 bridgehead atoms. The van der Waals surface area contributed by atoms with Gasteiger partial charge in [-0.2, -0.15) is 0 Å². The van der Waals surface area contributed by atoms with Gasteiger partial charge < -0.3 is 10.2 Å². The number of amides is 1. The third-order valence-electron chi connectivity index (χ3n) is 5.04. The molecule has 1 amide bonds. The summed E-state index contributed by atoms with van der Waals surface area (Å²) in [6.07, 6.45) is 2.24. The van der Waals surface area contributed by atoms with Gasteiger partial charge in [-0.05, 0) is 74.0 Å². The minimum atomic E-state index is -3.57. The Hall–Kier alpha value is -1.74. The van der Waals surface area contributed by atoms with Crippen LogP contribution in [0.3, 0.4) is 0 Å². The Morgan fingerprint density at radius 1 is 1.25 bits per heavy atom. The molecule has 3 rings (SSSR count). The van der Waals surface area contributed by atoms with Crippen molar-refractivity contribution in [2.75, 3.05) is 31.5 Å². The highest BCUT2D eigenvalue weighted by Crippen LogP contribution is 2.30. The highest BCUT2D eigenvalue weighted by Gasteiger charge is 2.22. The summed E-state index contributed by atoms with van der Waals surface area (Å²) in [7, 11) is -3.57. The molecular formula is C20H27N3O3S2. The van der Waals surface area contributed by atoms with Gasteiger partial charge in [0.1, 0.15) is 0 Å². The minimum absolute atomic E-state index is 0.184. The number of piperidine rings is 1. The standard InChI is InChI=1S/C20H27N3O3S2/c1-15-14-18(22-16(2)24)5-6-20(15)28(25,26)21-9-12-23-10-7-17(8-11-23)19-4-3-13-27-19/h3-6,13-14,17,21H,7-12H2,1-2H3,(H,22,24). The van der Waals surface area contributed by atoms with Crippen LogP contribution in [-0.4, -0.2) is 45.4 Å². The molecule has 0 spiro atoms. The van der Waals surface area contributed by atoms with E-state index in [4.69, 9.17) is 0 Å². The number of hydrogen-bond acceptors (Lipinski definition) is 5. The highest BCUT2D eigenvalue weighted by molar-refractivity contribution is 7.89. The Kier molecular flexibility index (Phi) is 6.87. The first-order valence-electron chi connectivity index (χ1n) is 9.49. The summed E-state index contributed by atoms with van der Waals surface area (Å²) in [6.45, 7) is 6.24. The molecule has 2 heterocycles. The molecule has 0 unspecified atom stereocenters. The van der Waals surface area contributed by atoms with Crippen LogP contribution >= 0.6 is 11.3 Å². The van der Waals surface area contributed by atoms with Gasteiger partial charge >= 0.3 is 0 Å². The number of carbonyl (C=O) groups excluding carboxylic acids is 1. The molecule has 0 radical (unpaired) electrons. The Labute approximate surface area is 171 Å². The van der Waals surface area contributed by atoms with Gasteiger partial charge in [-0.25, -0.2) is 13.1 Å². The number of nitrogens with zero attached hydrogens (tertiary/aromatic N) is 1. The SMILES string of the molecule is CC(=O)Nc1ccc(S(=O)(=O)NCCN2CCC(c3cccs3)CC2)c(C)c1. The number of sulfonamides is 1. The Morgan fingerprint density at radius 2 is 2.00 bits per heavy atom. The van der Waals surface area contributed by atoms with Crippen LogP contribution in [0, 0.1) is 6.92 Å². The van der Waals surface area contributed by atoms with E-state index in [1.807, 2.05) is 11.3 Å². The van der Waals surface area contributed by atoms with Crippen LogP contribution in [-0.2, 0) is 14.8 Å². The maximum Gasteiger partial charge on any atom is 0.240 e. The molecule has 0 aliphatic carbocycles. The van der Waals surface area contributed by atoms with Gasteiger partial charge in [0.05, 0.1) is 4.90 Å². The average Bonchev–Trinajstić information content (AvgIpc) is 3.16. The van der Waals surface area contributed by atoms with E-state index < -0.39 is 10.0 Å². The van der Waals surface area contributed by atoms with Crippen LogP contribution in [0.2, 0.25) is 0 Å². The van der Waals surface area contributed by atoms with Gasteiger partial charge in [-0.3, -0.25) is 4.79 Å². The van der Waals surface area contributed by atoms with Crippen molar-refractivity contribution in [1.82, 2.24) is 9.62 Å². The van der Waals surface area contributed by atoms with Crippen LogP contribution in [0.1, 0.15) is 36.1 Å². The van der Waals surface area contributed by atoms with E-state index in [2.05, 4.69) is 32.5 Å². The van der Waals surface area contributed by atoms with Gasteiger partial charge in [0.15, 0.2) is 0 Å². The van der Waals surface area contributed by atoms with E-state index >= 15 is 0 Å². The number of rotatable bonds is 7. The average molecular weight is 422 g/mol. The van der Waals surface area contributed by atoms with Crippen molar-refractivity contribution in [3.63, 3.8) is 0 Å². The fraction of sp³-hybridized carbons (Fsp3) is 0.450. The molecule has 2 N–H and O–H groups in total. The molecule has 1 aromatic carbocycles. The lowest BCUT2D eigenvalue weighted by Crippen LogP contribution is -2.39. The first-order valence-corrected chi connectivity index (χ1v) is 11.8. The summed E-state index contributed by atoms with van der Waals surface area (Å²) >= 11 is 1.82. The lowest BCUT2D eigenvalue weighted by atomic mass is 9.95. The second-order valence-electron chi connectivity index (χ2n) is 7.19. The second kappa shape index (κ2) is 9.17. The number of likely N-dealkylation sites (tertiary alicyclic amines) is 1. The third kappa shape index (κ3) is 5.41. The van der Waals surface area contributed by atoms with Crippen LogP contribution in [0.4, 0.5) is 5.69 Å². The molecule has 28 heavy (non-hydrogen) atoms. The summed E-state index contributed by atoms with van der Waals surface area (Å²) in [5.41, 5.74) is 1.20. The van der Waals surface area contributed by atoms with Crippen molar-refractivity contribution in [2.24, 2.45) is 0 Å². The summed E-state index contributed by atoms with van der Waals surface area (Å²) in [5.74, 6) is 0.452. The molecule has 8 heteroatoms. The fourth-order valence-electron chi connectivity index (χ4n) is 3.61. The maximum atomic E-state index is 12.6. The van der Waals surface area contributed by atoms with E-state index in [1.54, 1.807) is 19.1 Å². The van der Waals surface area contributed by atoms with Crippen LogP contribution in [0.5, 0.6) is 0 Å². The van der Waals surface area contributed by atoms with Crippen molar-refractivity contribution < 1.29 is 13.2 Å². The van der Waals surface area contributed by atoms with Gasteiger partial charge in [0.2, 0.25) is 15.9 Å². The van der Waals surface area contributed by atoms with Crippen molar-refractivity contribution in [3.05, 3.63) is 46.2 Å². The molecule has 6 nitrogen and oxygen atoms in total. The van der Waals surface area contributed by atoms with Gasteiger partial charge in [0.25, 0.3) is 0 Å². The molecule has 1 aliphatic heterocycles. The monoisotopic (exact) mass is 421 g/mol. The van der Waals surface area contributed by atoms with Crippen molar-refractivity contribution in [3.8, 4) is 0 Å². The van der Waals surface area contributed by atoms with Gasteiger partial charge in [-0.15, -0.1) is 11.3 Å². The molecule has 0 atom stereocenters. The molecule has 1 aliphatic rings. The number of anilines is 1. The predicted octanol–water partition coefficient (Wildman–Crippen LogP) is 3.17. The molecule has 2 aromatic rings. The summed E-state index contributed by atoms with van der Waals surface area (Å²) in [5, 5.41) is 4.79. The number of hydrogen-bond donors (Lipinski definition) is 2. The largest absolute Gasteiger partial charge is 0.326 e. The molecule has 152 valence electrons. The summed E-state index contributed by atoms with van der Waals surface area (Å²) < 4.78 is 27.9. The van der Waals surface area contributed by atoms with Crippen LogP contribution < -0.4 is 10.0 Å². The molecular weight excluding hydrogens is 394 g/mol. The van der Waals surface area contributed by atoms with E-state index in [0.717, 1.165) is 25.9 Å². The molecule has 1 fully saturated rings. The molecule has 1 aromatic heterocycles. The van der Waals surface area contributed by atoms with Crippen molar-refractivity contribution in [1.29, 1.82) is 0 Å². The Bertz CT molecular complexity index is 903. The van der Waals surface area contributed by atoms with Gasteiger partial charge in [-0.1, -0.05) is 6.07 Å². The smallest absolute Gasteiger partial charge is 0.240 e. The Balaban J connectivity index is 1.50. The lowest BCUT2D eigenvalue weighted by Gasteiger charge is -2.31. The number of nitrogens with one attached hydrogen (secondary N) is 2. The van der Waals surface area contributed by atoms with Gasteiger partial charge in [0, 0.05) is 30.6 Å². The summed E-state index contributed by atoms with van der Waals surface area (Å²) in [6, 6.07) is 9.13. The van der Waals surface area contributed by atoms with Crippen LogP contribution in [0.15, 0.2) is 40.6 Å². The van der Waals surface area contributed by atoms with E-state index in [9.17, 15) is 13.2 Å². The zero-order valence-corrected chi connectivity index (χ0v) is 17.9. The maximum absolute atomic E-state index is 12.6. The zero-order valence-electron chi connectivity index (χ0n) is 16.3. The fourth-order valence-corrected chi connectivity index (χ4v) is 5.76. The number of thiophene rings is 1. The highest BCUT2D eigenvalue weighted by atomic mass is 32.2. The molecule has 1 saturated heterocycles. The summed E-state index contributed by atoms with van der Waals surface area (Å²) in [4.78, 5) is 15.2. The van der Waals surface area contributed by atoms with E-state index in [-0.39, 0.29) is 10.8 Å². The minimum Gasteiger partial charge on any atom is -0.326 e. The number of aryl methyl sites for hydroxylation is 1. The topological polar surface area (TPSA) is 78.5 Å². The predicted molar refractivity (Wildman–Crippen MR) is 113 cm³/mol. The van der Waals surface area contributed by atoms with Crippen molar-refractivity contribution in [2.45, 2.75) is 37.5 Å². The third-order valence-corrected chi connectivity index (χ3v) is 7.69. The van der Waals surface area contributed by atoms with E-state index in [1.165, 1.54) is 17.9 Å². The van der Waals surface area contributed by atoms with Crippen molar-refractivity contribution >= 4 is 33.0 Å². The number of carbonyl (C=O) groups is 1. The number of benzene rings is 1. The Morgan fingerprint density at radius 3 is 2.61 bits per heavy atom. The lowest BCUT2D eigenvalue weighted by molar-refractivity contribution is -0.114. The normalized spacial score (nSPS) is 16.2. The molecule has 0 saturated carbocycles.